The SMILES string of the molecule is CCc1nc(N2CCOCC2)c2sccc2n1. The van der Waals surface area contributed by atoms with Crippen LogP contribution in [0.25, 0.3) is 10.2 Å². The Morgan fingerprint density at radius 3 is 2.94 bits per heavy atom. The molecule has 0 saturated carbocycles. The predicted octanol–water partition coefficient (Wildman–Crippen LogP) is 2.09. The topological polar surface area (TPSA) is 38.2 Å². The van der Waals surface area contributed by atoms with Gasteiger partial charge in [-0.1, -0.05) is 6.92 Å². The highest BCUT2D eigenvalue weighted by Crippen LogP contribution is 2.29. The van der Waals surface area contributed by atoms with Crippen LogP contribution in [0.3, 0.4) is 0 Å². The molecule has 0 unspecified atom stereocenters. The summed E-state index contributed by atoms with van der Waals surface area (Å²) in [5.74, 6) is 2.02. The standard InChI is InChI=1S/C12H15N3OS/c1-2-10-13-9-3-8-17-11(9)12(14-10)15-4-6-16-7-5-15/h3,8H,2,4-7H2,1H3. The molecular formula is C12H15N3OS. The Kier molecular flexibility index (Phi) is 2.94. The molecule has 1 aliphatic rings. The van der Waals surface area contributed by atoms with Gasteiger partial charge in [-0.3, -0.25) is 0 Å². The summed E-state index contributed by atoms with van der Waals surface area (Å²) in [6.07, 6.45) is 0.878. The summed E-state index contributed by atoms with van der Waals surface area (Å²) < 4.78 is 6.59. The van der Waals surface area contributed by atoms with E-state index < -0.39 is 0 Å². The first-order valence-electron chi connectivity index (χ1n) is 5.95. The Morgan fingerprint density at radius 1 is 1.35 bits per heavy atom. The molecule has 1 saturated heterocycles. The van der Waals surface area contributed by atoms with Gasteiger partial charge in [0, 0.05) is 19.5 Å². The van der Waals surface area contributed by atoms with Gasteiger partial charge < -0.3 is 9.64 Å². The maximum atomic E-state index is 5.39. The summed E-state index contributed by atoms with van der Waals surface area (Å²) >= 11 is 1.72. The minimum absolute atomic E-state index is 0.790. The van der Waals surface area contributed by atoms with Crippen LogP contribution in [-0.4, -0.2) is 36.3 Å². The zero-order valence-corrected chi connectivity index (χ0v) is 10.7. The average Bonchev–Trinajstić information content (AvgIpc) is 2.86. The highest BCUT2D eigenvalue weighted by atomic mass is 32.1. The molecule has 0 amide bonds. The van der Waals surface area contributed by atoms with Crippen molar-refractivity contribution in [1.29, 1.82) is 0 Å². The van der Waals surface area contributed by atoms with Gasteiger partial charge >= 0.3 is 0 Å². The van der Waals surface area contributed by atoms with Crippen molar-refractivity contribution in [1.82, 2.24) is 9.97 Å². The molecule has 0 aliphatic carbocycles. The summed E-state index contributed by atoms with van der Waals surface area (Å²) in [4.78, 5) is 11.5. The molecule has 0 radical (unpaired) electrons. The Balaban J connectivity index is 2.08. The van der Waals surface area contributed by atoms with Crippen LogP contribution in [-0.2, 0) is 11.2 Å². The normalized spacial score (nSPS) is 16.6. The van der Waals surface area contributed by atoms with Gasteiger partial charge in [0.25, 0.3) is 0 Å². The quantitative estimate of drug-likeness (QED) is 0.817. The highest BCUT2D eigenvalue weighted by molar-refractivity contribution is 7.17. The third-order valence-corrected chi connectivity index (χ3v) is 3.86. The summed E-state index contributed by atoms with van der Waals surface area (Å²) in [7, 11) is 0. The summed E-state index contributed by atoms with van der Waals surface area (Å²) in [6.45, 7) is 5.52. The van der Waals surface area contributed by atoms with E-state index in [1.807, 2.05) is 0 Å². The first-order valence-corrected chi connectivity index (χ1v) is 6.83. The van der Waals surface area contributed by atoms with Gasteiger partial charge in [0.1, 0.15) is 5.82 Å². The smallest absolute Gasteiger partial charge is 0.150 e. The third kappa shape index (κ3) is 2.00. The lowest BCUT2D eigenvalue weighted by molar-refractivity contribution is 0.122. The van der Waals surface area contributed by atoms with Crippen molar-refractivity contribution < 1.29 is 4.74 Å². The summed E-state index contributed by atoms with van der Waals surface area (Å²) in [5, 5.41) is 2.09. The fourth-order valence-corrected chi connectivity index (χ4v) is 2.89. The number of anilines is 1. The molecule has 2 aromatic rings. The lowest BCUT2D eigenvalue weighted by Crippen LogP contribution is -2.37. The third-order valence-electron chi connectivity index (χ3n) is 2.96. The van der Waals surface area contributed by atoms with E-state index in [9.17, 15) is 0 Å². The monoisotopic (exact) mass is 249 g/mol. The van der Waals surface area contributed by atoms with Crippen LogP contribution in [0.4, 0.5) is 5.82 Å². The van der Waals surface area contributed by atoms with Crippen LogP contribution in [0.1, 0.15) is 12.7 Å². The first-order chi connectivity index (χ1) is 8.38. The molecule has 4 nitrogen and oxygen atoms in total. The van der Waals surface area contributed by atoms with Gasteiger partial charge in [-0.05, 0) is 11.4 Å². The van der Waals surface area contributed by atoms with Crippen molar-refractivity contribution in [2.24, 2.45) is 0 Å². The lowest BCUT2D eigenvalue weighted by Gasteiger charge is -2.28. The van der Waals surface area contributed by atoms with Crippen molar-refractivity contribution in [3.63, 3.8) is 0 Å². The van der Waals surface area contributed by atoms with Crippen molar-refractivity contribution in [2.75, 3.05) is 31.2 Å². The molecule has 0 aromatic carbocycles. The molecule has 0 spiro atoms. The van der Waals surface area contributed by atoms with Crippen molar-refractivity contribution in [2.45, 2.75) is 13.3 Å². The molecule has 0 bridgehead atoms. The highest BCUT2D eigenvalue weighted by Gasteiger charge is 2.17. The molecule has 0 N–H and O–H groups in total. The van der Waals surface area contributed by atoms with E-state index in [0.29, 0.717) is 0 Å². The van der Waals surface area contributed by atoms with Gasteiger partial charge in [-0.15, -0.1) is 11.3 Å². The fourth-order valence-electron chi connectivity index (χ4n) is 2.04. The Bertz CT molecular complexity index is 519. The molecule has 2 aromatic heterocycles. The second-order valence-corrected chi connectivity index (χ2v) is 4.97. The van der Waals surface area contributed by atoms with Gasteiger partial charge in [0.2, 0.25) is 0 Å². The van der Waals surface area contributed by atoms with Crippen molar-refractivity contribution >= 4 is 27.4 Å². The van der Waals surface area contributed by atoms with Gasteiger partial charge in [-0.25, -0.2) is 9.97 Å². The number of aromatic nitrogens is 2. The van der Waals surface area contributed by atoms with E-state index in [-0.39, 0.29) is 0 Å². The lowest BCUT2D eigenvalue weighted by atomic mass is 10.3. The zero-order chi connectivity index (χ0) is 11.7. The number of hydrogen-bond donors (Lipinski definition) is 0. The van der Waals surface area contributed by atoms with E-state index in [4.69, 9.17) is 4.74 Å². The number of rotatable bonds is 2. The maximum absolute atomic E-state index is 5.39. The minimum atomic E-state index is 0.790. The van der Waals surface area contributed by atoms with Crippen LogP contribution in [0, 0.1) is 0 Å². The van der Waals surface area contributed by atoms with Gasteiger partial charge in [0.05, 0.1) is 23.4 Å². The number of nitrogens with zero attached hydrogens (tertiary/aromatic N) is 3. The average molecular weight is 249 g/mol. The van der Waals surface area contributed by atoms with Crippen LogP contribution in [0.5, 0.6) is 0 Å². The van der Waals surface area contributed by atoms with E-state index >= 15 is 0 Å². The maximum Gasteiger partial charge on any atom is 0.150 e. The van der Waals surface area contributed by atoms with E-state index in [2.05, 4.69) is 33.2 Å². The molecule has 3 rings (SSSR count). The predicted molar refractivity (Wildman–Crippen MR) is 69.8 cm³/mol. The second-order valence-electron chi connectivity index (χ2n) is 4.05. The number of fused-ring (bicyclic) bond motifs is 1. The number of morpholine rings is 1. The molecule has 1 aliphatic heterocycles. The summed E-state index contributed by atoms with van der Waals surface area (Å²) in [6, 6.07) is 2.07. The second kappa shape index (κ2) is 4.58. The van der Waals surface area contributed by atoms with Crippen LogP contribution in [0.2, 0.25) is 0 Å². The Hall–Kier alpha value is -1.20. The zero-order valence-electron chi connectivity index (χ0n) is 9.85. The van der Waals surface area contributed by atoms with Gasteiger partial charge in [-0.2, -0.15) is 0 Å². The first kappa shape index (κ1) is 10.9. The molecule has 5 heteroatoms. The molecular weight excluding hydrogens is 234 g/mol. The van der Waals surface area contributed by atoms with Crippen molar-refractivity contribution in [3.05, 3.63) is 17.3 Å². The van der Waals surface area contributed by atoms with Crippen LogP contribution >= 0.6 is 11.3 Å². The molecule has 0 atom stereocenters. The molecule has 1 fully saturated rings. The van der Waals surface area contributed by atoms with Crippen LogP contribution < -0.4 is 4.90 Å². The van der Waals surface area contributed by atoms with E-state index in [1.54, 1.807) is 11.3 Å². The van der Waals surface area contributed by atoms with Crippen LogP contribution in [0.15, 0.2) is 11.4 Å². The number of aryl methyl sites for hydroxylation is 1. The van der Waals surface area contributed by atoms with E-state index in [1.165, 1.54) is 4.70 Å². The summed E-state index contributed by atoms with van der Waals surface area (Å²) in [5.41, 5.74) is 1.07. The van der Waals surface area contributed by atoms with Crippen molar-refractivity contribution in [3.8, 4) is 0 Å². The Labute approximate surface area is 104 Å². The number of thiophene rings is 1. The fraction of sp³-hybridized carbons (Fsp3) is 0.500. The number of ether oxygens (including phenoxy) is 1. The molecule has 3 heterocycles. The number of hydrogen-bond acceptors (Lipinski definition) is 5. The van der Waals surface area contributed by atoms with Gasteiger partial charge in [0.15, 0.2) is 5.82 Å². The van der Waals surface area contributed by atoms with E-state index in [0.717, 1.165) is 49.9 Å². The molecule has 90 valence electrons. The largest absolute Gasteiger partial charge is 0.378 e. The minimum Gasteiger partial charge on any atom is -0.378 e. The Morgan fingerprint density at radius 2 is 2.18 bits per heavy atom. The molecule has 17 heavy (non-hydrogen) atoms.